The summed E-state index contributed by atoms with van der Waals surface area (Å²) in [6, 6.07) is 0.0926. The Bertz CT molecular complexity index is 352. The summed E-state index contributed by atoms with van der Waals surface area (Å²) in [5.41, 5.74) is -0.0714. The van der Waals surface area contributed by atoms with Crippen LogP contribution in [0.3, 0.4) is 0 Å². The minimum absolute atomic E-state index is 0.0714. The number of nitrogens with one attached hydrogen (secondary N) is 1. The molecule has 5 heteroatoms. The molecule has 2 fully saturated rings. The molecule has 96 valence electrons. The maximum atomic E-state index is 11.8. The maximum Gasteiger partial charge on any atom is 0.307 e. The molecule has 2 aliphatic carbocycles. The summed E-state index contributed by atoms with van der Waals surface area (Å²) in [4.78, 5) is 22.5. The van der Waals surface area contributed by atoms with Gasteiger partial charge in [0.1, 0.15) is 0 Å². The van der Waals surface area contributed by atoms with Crippen LogP contribution in [0.1, 0.15) is 26.7 Å². The van der Waals surface area contributed by atoms with Crippen molar-refractivity contribution in [2.45, 2.75) is 38.8 Å². The van der Waals surface area contributed by atoms with Crippen molar-refractivity contribution in [2.75, 3.05) is 7.11 Å². The van der Waals surface area contributed by atoms with Gasteiger partial charge in [0.05, 0.1) is 17.9 Å². The number of amides is 1. The number of carboxylic acids is 1. The molecule has 0 radical (unpaired) electrons. The first kappa shape index (κ1) is 12.4. The van der Waals surface area contributed by atoms with Crippen molar-refractivity contribution in [3.8, 4) is 0 Å². The van der Waals surface area contributed by atoms with Crippen LogP contribution in [0.4, 0.5) is 0 Å². The monoisotopic (exact) mass is 241 g/mol. The van der Waals surface area contributed by atoms with Crippen LogP contribution in [0.25, 0.3) is 0 Å². The van der Waals surface area contributed by atoms with Crippen molar-refractivity contribution >= 4 is 11.9 Å². The first-order valence-electron chi connectivity index (χ1n) is 5.94. The van der Waals surface area contributed by atoms with E-state index in [2.05, 4.69) is 19.2 Å². The van der Waals surface area contributed by atoms with E-state index in [9.17, 15) is 9.59 Å². The van der Waals surface area contributed by atoms with E-state index in [1.165, 1.54) is 0 Å². The van der Waals surface area contributed by atoms with Crippen molar-refractivity contribution in [1.29, 1.82) is 0 Å². The van der Waals surface area contributed by atoms with Crippen molar-refractivity contribution in [3.63, 3.8) is 0 Å². The second-order valence-corrected chi connectivity index (χ2v) is 5.63. The molecule has 0 aliphatic heterocycles. The van der Waals surface area contributed by atoms with Crippen LogP contribution in [-0.2, 0) is 14.3 Å². The zero-order valence-electron chi connectivity index (χ0n) is 10.4. The summed E-state index contributed by atoms with van der Waals surface area (Å²) in [6.45, 7) is 4.11. The first-order chi connectivity index (χ1) is 7.87. The van der Waals surface area contributed by atoms with E-state index < -0.39 is 11.9 Å². The van der Waals surface area contributed by atoms with Crippen LogP contribution in [-0.4, -0.2) is 36.2 Å². The molecule has 2 N–H and O–H groups in total. The van der Waals surface area contributed by atoms with Crippen LogP contribution in [0.2, 0.25) is 0 Å². The van der Waals surface area contributed by atoms with E-state index in [0.29, 0.717) is 6.42 Å². The quantitative estimate of drug-likeness (QED) is 0.757. The predicted molar refractivity (Wildman–Crippen MR) is 60.4 cm³/mol. The van der Waals surface area contributed by atoms with Gasteiger partial charge in [-0.05, 0) is 12.8 Å². The topological polar surface area (TPSA) is 75.6 Å². The van der Waals surface area contributed by atoms with Crippen molar-refractivity contribution < 1.29 is 19.4 Å². The Labute approximate surface area is 101 Å². The Morgan fingerprint density at radius 3 is 2.35 bits per heavy atom. The lowest BCUT2D eigenvalue weighted by atomic mass is 9.64. The second kappa shape index (κ2) is 3.98. The molecule has 2 saturated carbocycles. The van der Waals surface area contributed by atoms with Crippen molar-refractivity contribution in [2.24, 2.45) is 17.3 Å². The van der Waals surface area contributed by atoms with Gasteiger partial charge < -0.3 is 15.2 Å². The molecule has 0 spiro atoms. The normalized spacial score (nSPS) is 38.1. The number of carboxylic acid groups (broad SMARTS) is 1. The fourth-order valence-corrected chi connectivity index (χ4v) is 2.57. The van der Waals surface area contributed by atoms with E-state index >= 15 is 0 Å². The zero-order chi connectivity index (χ0) is 12.8. The minimum Gasteiger partial charge on any atom is -0.481 e. The Kier molecular flexibility index (Phi) is 2.89. The molecule has 0 saturated heterocycles. The highest BCUT2D eigenvalue weighted by molar-refractivity contribution is 5.89. The van der Waals surface area contributed by atoms with Crippen LogP contribution in [0.15, 0.2) is 0 Å². The third-order valence-corrected chi connectivity index (χ3v) is 4.22. The molecular weight excluding hydrogens is 222 g/mol. The van der Waals surface area contributed by atoms with E-state index in [-0.39, 0.29) is 29.4 Å². The average Bonchev–Trinajstić information content (AvgIpc) is 3.03. The molecule has 1 amide bonds. The van der Waals surface area contributed by atoms with Gasteiger partial charge in [-0.25, -0.2) is 0 Å². The zero-order valence-corrected chi connectivity index (χ0v) is 10.4. The van der Waals surface area contributed by atoms with Crippen LogP contribution in [0, 0.1) is 17.3 Å². The van der Waals surface area contributed by atoms with Gasteiger partial charge in [0.15, 0.2) is 0 Å². The van der Waals surface area contributed by atoms with Crippen LogP contribution in [0.5, 0.6) is 0 Å². The summed E-state index contributed by atoms with van der Waals surface area (Å²) in [5.74, 6) is -1.79. The van der Waals surface area contributed by atoms with Gasteiger partial charge in [-0.2, -0.15) is 0 Å². The molecule has 17 heavy (non-hydrogen) atoms. The van der Waals surface area contributed by atoms with E-state index in [0.717, 1.165) is 6.42 Å². The van der Waals surface area contributed by atoms with E-state index in [1.807, 2.05) is 0 Å². The van der Waals surface area contributed by atoms with Crippen LogP contribution >= 0.6 is 0 Å². The maximum absolute atomic E-state index is 11.8. The third kappa shape index (κ3) is 2.04. The predicted octanol–water partition coefficient (Wildman–Crippen LogP) is 0.637. The Morgan fingerprint density at radius 2 is 1.94 bits per heavy atom. The number of hydrogen-bond donors (Lipinski definition) is 2. The SMILES string of the molecule is COC1CC(NC(=O)[C@@H]2C[C@@H]2C(=O)O)C1(C)C. The van der Waals surface area contributed by atoms with Gasteiger partial charge in [0.2, 0.25) is 5.91 Å². The Balaban J connectivity index is 1.84. The molecule has 0 aromatic heterocycles. The molecule has 0 bridgehead atoms. The molecule has 2 rings (SSSR count). The molecule has 0 aromatic rings. The highest BCUT2D eigenvalue weighted by Gasteiger charge is 2.53. The second-order valence-electron chi connectivity index (χ2n) is 5.63. The summed E-state index contributed by atoms with van der Waals surface area (Å²) in [6.07, 6.45) is 1.45. The number of rotatable bonds is 4. The summed E-state index contributed by atoms with van der Waals surface area (Å²) >= 11 is 0. The highest BCUT2D eigenvalue weighted by Crippen LogP contribution is 2.44. The Hall–Kier alpha value is -1.10. The number of carbonyl (C=O) groups is 2. The van der Waals surface area contributed by atoms with E-state index in [1.54, 1.807) is 7.11 Å². The van der Waals surface area contributed by atoms with Gasteiger partial charge >= 0.3 is 5.97 Å². The van der Waals surface area contributed by atoms with Gasteiger partial charge in [0, 0.05) is 18.6 Å². The third-order valence-electron chi connectivity index (χ3n) is 4.22. The van der Waals surface area contributed by atoms with Crippen molar-refractivity contribution in [1.82, 2.24) is 5.32 Å². The molecule has 5 nitrogen and oxygen atoms in total. The lowest BCUT2D eigenvalue weighted by Crippen LogP contribution is -2.62. The fourth-order valence-electron chi connectivity index (χ4n) is 2.57. The number of aliphatic carboxylic acids is 1. The van der Waals surface area contributed by atoms with Gasteiger partial charge in [-0.1, -0.05) is 13.8 Å². The average molecular weight is 241 g/mol. The van der Waals surface area contributed by atoms with Gasteiger partial charge in [-0.3, -0.25) is 9.59 Å². The van der Waals surface area contributed by atoms with Crippen LogP contribution < -0.4 is 5.32 Å². The summed E-state index contributed by atoms with van der Waals surface area (Å²) in [7, 11) is 1.67. The van der Waals surface area contributed by atoms with E-state index in [4.69, 9.17) is 9.84 Å². The number of hydrogen-bond acceptors (Lipinski definition) is 3. The molecule has 0 aromatic carbocycles. The number of ether oxygens (including phenoxy) is 1. The summed E-state index contributed by atoms with van der Waals surface area (Å²) < 4.78 is 5.30. The fraction of sp³-hybridized carbons (Fsp3) is 0.833. The summed E-state index contributed by atoms with van der Waals surface area (Å²) in [5, 5.41) is 11.7. The van der Waals surface area contributed by atoms with Gasteiger partial charge in [0.25, 0.3) is 0 Å². The molecular formula is C12H19NO4. The van der Waals surface area contributed by atoms with Gasteiger partial charge in [-0.15, -0.1) is 0 Å². The Morgan fingerprint density at radius 1 is 1.29 bits per heavy atom. The molecule has 2 aliphatic rings. The molecule has 0 heterocycles. The molecule has 4 atom stereocenters. The first-order valence-corrected chi connectivity index (χ1v) is 5.94. The minimum atomic E-state index is -0.868. The number of carbonyl (C=O) groups excluding carboxylic acids is 1. The smallest absolute Gasteiger partial charge is 0.307 e. The number of methoxy groups -OCH3 is 1. The largest absolute Gasteiger partial charge is 0.481 e. The molecule has 2 unspecified atom stereocenters. The lowest BCUT2D eigenvalue weighted by molar-refractivity contribution is -0.141. The highest BCUT2D eigenvalue weighted by atomic mass is 16.5. The standard InChI is InChI=1S/C12H19NO4/c1-12(2)8(5-9(12)17-3)13-10(14)6-4-7(6)11(15)16/h6-9H,4-5H2,1-3H3,(H,13,14)(H,15,16)/t6-,7+,8?,9?/m1/s1. The van der Waals surface area contributed by atoms with Crippen molar-refractivity contribution in [3.05, 3.63) is 0 Å². The lowest BCUT2D eigenvalue weighted by Gasteiger charge is -2.51.